The van der Waals surface area contributed by atoms with Gasteiger partial charge in [0.2, 0.25) is 0 Å². The van der Waals surface area contributed by atoms with Crippen molar-refractivity contribution in [3.05, 3.63) is 45.7 Å². The fourth-order valence-electron chi connectivity index (χ4n) is 2.19. The van der Waals surface area contributed by atoms with Gasteiger partial charge in [0.15, 0.2) is 0 Å². The Morgan fingerprint density at radius 3 is 2.80 bits per heavy atom. The van der Waals surface area contributed by atoms with Crippen molar-refractivity contribution in [2.24, 2.45) is 0 Å². The Kier molecular flexibility index (Phi) is 3.02. The molecule has 3 aromatic rings. The van der Waals surface area contributed by atoms with E-state index in [2.05, 4.69) is 9.97 Å². The van der Waals surface area contributed by atoms with Gasteiger partial charge in [0.1, 0.15) is 10.8 Å². The summed E-state index contributed by atoms with van der Waals surface area (Å²) in [6.45, 7) is 4.49. The van der Waals surface area contributed by atoms with Crippen molar-refractivity contribution in [3.63, 3.8) is 0 Å². The molecule has 0 bridgehead atoms. The summed E-state index contributed by atoms with van der Waals surface area (Å²) in [5.41, 5.74) is 2.91. The first-order valence-electron chi connectivity index (χ1n) is 6.16. The molecule has 0 amide bonds. The average Bonchev–Trinajstić information content (AvgIpc) is 2.94. The predicted molar refractivity (Wildman–Crippen MR) is 77.4 cm³/mol. The second kappa shape index (κ2) is 4.72. The number of aryl methyl sites for hydroxylation is 2. The van der Waals surface area contributed by atoms with Crippen LogP contribution in [0.1, 0.15) is 26.9 Å². The van der Waals surface area contributed by atoms with E-state index in [1.165, 1.54) is 0 Å². The first-order chi connectivity index (χ1) is 9.54. The predicted octanol–water partition coefficient (Wildman–Crippen LogP) is 2.86. The maximum Gasteiger partial charge on any atom is 0.335 e. The van der Waals surface area contributed by atoms with Gasteiger partial charge in [-0.15, -0.1) is 11.3 Å². The molecule has 0 saturated heterocycles. The number of benzene rings is 1. The van der Waals surface area contributed by atoms with Crippen LogP contribution in [-0.2, 0) is 6.54 Å². The largest absolute Gasteiger partial charge is 0.478 e. The van der Waals surface area contributed by atoms with Gasteiger partial charge in [-0.2, -0.15) is 0 Å². The molecule has 0 aliphatic heterocycles. The minimum Gasteiger partial charge on any atom is -0.478 e. The van der Waals surface area contributed by atoms with E-state index in [4.69, 9.17) is 5.11 Å². The smallest absolute Gasteiger partial charge is 0.335 e. The van der Waals surface area contributed by atoms with Gasteiger partial charge in [0.25, 0.3) is 0 Å². The second-order valence-corrected chi connectivity index (χ2v) is 5.58. The molecule has 0 aliphatic rings. The van der Waals surface area contributed by atoms with Crippen molar-refractivity contribution in [3.8, 4) is 0 Å². The number of aromatic nitrogens is 3. The van der Waals surface area contributed by atoms with Gasteiger partial charge in [-0.25, -0.2) is 14.8 Å². The highest BCUT2D eigenvalue weighted by atomic mass is 32.1. The van der Waals surface area contributed by atoms with Crippen LogP contribution in [0.4, 0.5) is 0 Å². The van der Waals surface area contributed by atoms with Crippen LogP contribution in [0.25, 0.3) is 11.0 Å². The summed E-state index contributed by atoms with van der Waals surface area (Å²) in [4.78, 5) is 20.0. The number of nitrogens with zero attached hydrogens (tertiary/aromatic N) is 3. The highest BCUT2D eigenvalue weighted by molar-refractivity contribution is 7.09. The van der Waals surface area contributed by atoms with Gasteiger partial charge in [-0.05, 0) is 32.0 Å². The van der Waals surface area contributed by atoms with Gasteiger partial charge >= 0.3 is 5.97 Å². The van der Waals surface area contributed by atoms with Crippen molar-refractivity contribution in [2.75, 3.05) is 0 Å². The molecule has 5 nitrogen and oxygen atoms in total. The highest BCUT2D eigenvalue weighted by Gasteiger charge is 2.12. The first kappa shape index (κ1) is 12.8. The Balaban J connectivity index is 2.10. The van der Waals surface area contributed by atoms with Crippen molar-refractivity contribution in [1.29, 1.82) is 0 Å². The normalized spacial score (nSPS) is 11.1. The molecular weight excluding hydrogens is 274 g/mol. The number of carboxylic acid groups (broad SMARTS) is 1. The van der Waals surface area contributed by atoms with E-state index < -0.39 is 5.97 Å². The van der Waals surface area contributed by atoms with E-state index >= 15 is 0 Å². The fraction of sp³-hybridized carbons (Fsp3) is 0.214. The Hall–Kier alpha value is -2.21. The van der Waals surface area contributed by atoms with E-state index in [9.17, 15) is 4.79 Å². The summed E-state index contributed by atoms with van der Waals surface area (Å²) in [6.07, 6.45) is 0. The van der Waals surface area contributed by atoms with E-state index in [1.807, 2.05) is 23.8 Å². The second-order valence-electron chi connectivity index (χ2n) is 4.64. The summed E-state index contributed by atoms with van der Waals surface area (Å²) in [5, 5.41) is 12.1. The van der Waals surface area contributed by atoms with E-state index in [0.717, 1.165) is 27.6 Å². The van der Waals surface area contributed by atoms with Crippen LogP contribution in [0.5, 0.6) is 0 Å². The van der Waals surface area contributed by atoms with Crippen LogP contribution in [0, 0.1) is 13.8 Å². The number of rotatable bonds is 3. The third kappa shape index (κ3) is 2.18. The number of imidazole rings is 1. The Bertz CT molecular complexity index is 804. The third-order valence-electron chi connectivity index (χ3n) is 3.15. The lowest BCUT2D eigenvalue weighted by Gasteiger charge is -2.04. The van der Waals surface area contributed by atoms with Crippen molar-refractivity contribution >= 4 is 28.3 Å². The minimum absolute atomic E-state index is 0.272. The lowest BCUT2D eigenvalue weighted by Crippen LogP contribution is -2.03. The molecule has 102 valence electrons. The molecule has 0 saturated carbocycles. The number of hydrogen-bond acceptors (Lipinski definition) is 4. The maximum atomic E-state index is 11.1. The standard InChI is InChI=1S/C14H13N3O2S/c1-8-7-20-13(15-8)6-17-9(2)16-11-4-3-10(14(18)19)5-12(11)17/h3-5,7H,6H2,1-2H3,(H,18,19). The number of thiazole rings is 1. The van der Waals surface area contributed by atoms with Gasteiger partial charge in [0, 0.05) is 11.1 Å². The molecular formula is C14H13N3O2S. The van der Waals surface area contributed by atoms with Crippen molar-refractivity contribution in [2.45, 2.75) is 20.4 Å². The Labute approximate surface area is 119 Å². The molecule has 0 radical (unpaired) electrons. The van der Waals surface area contributed by atoms with E-state index in [1.54, 1.807) is 29.5 Å². The van der Waals surface area contributed by atoms with Gasteiger partial charge in [-0.3, -0.25) is 0 Å². The van der Waals surface area contributed by atoms with Crippen LogP contribution in [0.3, 0.4) is 0 Å². The Morgan fingerprint density at radius 1 is 1.35 bits per heavy atom. The van der Waals surface area contributed by atoms with Crippen molar-refractivity contribution < 1.29 is 9.90 Å². The van der Waals surface area contributed by atoms with Gasteiger partial charge < -0.3 is 9.67 Å². The molecule has 2 aromatic heterocycles. The quantitative estimate of drug-likeness (QED) is 0.804. The molecule has 1 N–H and O–H groups in total. The lowest BCUT2D eigenvalue weighted by molar-refractivity contribution is 0.0697. The third-order valence-corrected chi connectivity index (χ3v) is 4.10. The minimum atomic E-state index is -0.928. The molecule has 0 fully saturated rings. The van der Waals surface area contributed by atoms with Crippen LogP contribution in [0.15, 0.2) is 23.6 Å². The molecule has 3 rings (SSSR count). The van der Waals surface area contributed by atoms with Crippen LogP contribution in [0.2, 0.25) is 0 Å². The zero-order valence-corrected chi connectivity index (χ0v) is 11.9. The highest BCUT2D eigenvalue weighted by Crippen LogP contribution is 2.20. The van der Waals surface area contributed by atoms with Gasteiger partial charge in [-0.1, -0.05) is 0 Å². The summed E-state index contributed by atoms with van der Waals surface area (Å²) in [5.74, 6) is -0.0715. The first-order valence-corrected chi connectivity index (χ1v) is 7.04. The number of aromatic carboxylic acids is 1. The summed E-state index contributed by atoms with van der Waals surface area (Å²) >= 11 is 1.60. The topological polar surface area (TPSA) is 68.0 Å². The molecule has 0 atom stereocenters. The number of carboxylic acids is 1. The zero-order valence-electron chi connectivity index (χ0n) is 11.1. The monoisotopic (exact) mass is 287 g/mol. The van der Waals surface area contributed by atoms with Crippen molar-refractivity contribution in [1.82, 2.24) is 14.5 Å². The van der Waals surface area contributed by atoms with Crippen LogP contribution in [-0.4, -0.2) is 25.6 Å². The Morgan fingerprint density at radius 2 is 2.15 bits per heavy atom. The number of fused-ring (bicyclic) bond motifs is 1. The summed E-state index contributed by atoms with van der Waals surface area (Å²) in [6, 6.07) is 4.99. The van der Waals surface area contributed by atoms with Gasteiger partial charge in [0.05, 0.1) is 23.1 Å². The molecule has 2 heterocycles. The molecule has 6 heteroatoms. The molecule has 20 heavy (non-hydrogen) atoms. The van der Waals surface area contributed by atoms with Crippen LogP contribution < -0.4 is 0 Å². The van der Waals surface area contributed by atoms with Crippen LogP contribution >= 0.6 is 11.3 Å². The zero-order chi connectivity index (χ0) is 14.3. The molecule has 0 unspecified atom stereocenters. The molecule has 1 aromatic carbocycles. The maximum absolute atomic E-state index is 11.1. The van der Waals surface area contributed by atoms with E-state index in [0.29, 0.717) is 6.54 Å². The molecule has 0 spiro atoms. The fourth-order valence-corrected chi connectivity index (χ4v) is 2.95. The lowest BCUT2D eigenvalue weighted by atomic mass is 10.2. The summed E-state index contributed by atoms with van der Waals surface area (Å²) in [7, 11) is 0. The summed E-state index contributed by atoms with van der Waals surface area (Å²) < 4.78 is 2.00. The molecule has 0 aliphatic carbocycles. The number of carbonyl (C=O) groups is 1. The number of hydrogen-bond donors (Lipinski definition) is 1. The SMILES string of the molecule is Cc1csc(Cn2c(C)nc3ccc(C(=O)O)cc32)n1. The van der Waals surface area contributed by atoms with E-state index in [-0.39, 0.29) is 5.56 Å². The average molecular weight is 287 g/mol.